The summed E-state index contributed by atoms with van der Waals surface area (Å²) in [7, 11) is 2.14. The fourth-order valence-corrected chi connectivity index (χ4v) is 7.39. The number of nitrogens with zero attached hydrogens (tertiary/aromatic N) is 4. The highest BCUT2D eigenvalue weighted by Gasteiger charge is 2.27. The second-order valence-corrected chi connectivity index (χ2v) is 13.4. The second-order valence-electron chi connectivity index (χ2n) is 12.0. The summed E-state index contributed by atoms with van der Waals surface area (Å²) in [6.45, 7) is 9.29. The Labute approximate surface area is 294 Å². The number of benzene rings is 3. The fourth-order valence-electron chi connectivity index (χ4n) is 6.01. The van der Waals surface area contributed by atoms with E-state index in [9.17, 15) is 14.3 Å². The molecule has 0 aliphatic carbocycles. The molecule has 3 heterocycles. The van der Waals surface area contributed by atoms with Gasteiger partial charge in [-0.15, -0.1) is 11.3 Å². The molecule has 1 aliphatic heterocycles. The molecule has 0 bridgehead atoms. The zero-order chi connectivity index (χ0) is 34.5. The second kappa shape index (κ2) is 15.5. The maximum atomic E-state index is 14.1. The molecule has 1 fully saturated rings. The average molecular weight is 704 g/mol. The maximum Gasteiger partial charge on any atom is 0.328 e. The number of phenols is 1. The summed E-state index contributed by atoms with van der Waals surface area (Å²) in [4.78, 5) is 28.7. The number of aromatic hydroxyl groups is 1. The van der Waals surface area contributed by atoms with E-state index < -0.39 is 12.0 Å². The SMILES string of the molecule is CCOC(=O)[C@@H](Cc1ccccc1O)Nc1ncnc2sc(-c3ccc(F)cc3)c(-c3ccc(OCCN4CCN(C)CC4)c(Cl)c3C)c12. The molecule has 1 aliphatic rings. The molecule has 5 aromatic rings. The van der Waals surface area contributed by atoms with Gasteiger partial charge in [0.1, 0.15) is 46.9 Å². The molecule has 256 valence electrons. The van der Waals surface area contributed by atoms with Gasteiger partial charge in [-0.2, -0.15) is 0 Å². The van der Waals surface area contributed by atoms with Crippen LogP contribution >= 0.6 is 22.9 Å². The Bertz CT molecular complexity index is 1930. The predicted octanol–water partition coefficient (Wildman–Crippen LogP) is 7.04. The van der Waals surface area contributed by atoms with Gasteiger partial charge in [0, 0.05) is 49.6 Å². The van der Waals surface area contributed by atoms with Crippen molar-refractivity contribution in [2.75, 3.05) is 58.3 Å². The van der Waals surface area contributed by atoms with E-state index >= 15 is 0 Å². The van der Waals surface area contributed by atoms with Crippen molar-refractivity contribution >= 4 is 44.9 Å². The average Bonchev–Trinajstić information content (AvgIpc) is 3.49. The number of halogens is 2. The van der Waals surface area contributed by atoms with Gasteiger partial charge in [-0.05, 0) is 67.4 Å². The van der Waals surface area contributed by atoms with Crippen LogP contribution in [0.15, 0.2) is 67.0 Å². The van der Waals surface area contributed by atoms with E-state index in [1.54, 1.807) is 43.3 Å². The third kappa shape index (κ3) is 7.80. The lowest BCUT2D eigenvalue weighted by Crippen LogP contribution is -2.45. The number of hydrogen-bond donors (Lipinski definition) is 2. The maximum absolute atomic E-state index is 14.1. The van der Waals surface area contributed by atoms with Gasteiger partial charge >= 0.3 is 5.97 Å². The van der Waals surface area contributed by atoms with Crippen molar-refractivity contribution in [1.29, 1.82) is 0 Å². The number of likely N-dealkylation sites (N-methyl/N-ethyl adjacent to an activating group) is 1. The van der Waals surface area contributed by atoms with E-state index in [0.717, 1.165) is 59.9 Å². The van der Waals surface area contributed by atoms with Crippen LogP contribution in [0.3, 0.4) is 0 Å². The zero-order valence-electron chi connectivity index (χ0n) is 27.7. The minimum absolute atomic E-state index is 0.0809. The first-order valence-corrected chi connectivity index (χ1v) is 17.5. The molecule has 6 rings (SSSR count). The number of fused-ring (bicyclic) bond motifs is 1. The van der Waals surface area contributed by atoms with Crippen LogP contribution in [0, 0.1) is 12.7 Å². The number of aromatic nitrogens is 2. The van der Waals surface area contributed by atoms with E-state index in [2.05, 4.69) is 32.1 Å². The summed E-state index contributed by atoms with van der Waals surface area (Å²) in [6, 6.07) is 16.2. The number of para-hydroxylation sites is 1. The quantitative estimate of drug-likeness (QED) is 0.133. The smallest absolute Gasteiger partial charge is 0.328 e. The number of thiophene rings is 1. The number of anilines is 1. The molecule has 9 nitrogen and oxygen atoms in total. The van der Waals surface area contributed by atoms with Crippen molar-refractivity contribution in [2.24, 2.45) is 0 Å². The molecule has 0 radical (unpaired) electrons. The van der Waals surface area contributed by atoms with Crippen LogP contribution in [0.5, 0.6) is 11.5 Å². The van der Waals surface area contributed by atoms with Gasteiger partial charge < -0.3 is 24.8 Å². The molecule has 2 N–H and O–H groups in total. The Morgan fingerprint density at radius 3 is 2.57 bits per heavy atom. The van der Waals surface area contributed by atoms with Crippen molar-refractivity contribution in [3.8, 4) is 33.1 Å². The number of piperazine rings is 1. The molecular formula is C37H39ClFN5O4S. The number of esters is 1. The minimum atomic E-state index is -0.867. The third-order valence-corrected chi connectivity index (χ3v) is 10.4. The largest absolute Gasteiger partial charge is 0.508 e. The predicted molar refractivity (Wildman–Crippen MR) is 193 cm³/mol. The van der Waals surface area contributed by atoms with Crippen molar-refractivity contribution in [1.82, 2.24) is 19.8 Å². The van der Waals surface area contributed by atoms with Gasteiger partial charge in [0.15, 0.2) is 0 Å². The third-order valence-electron chi connectivity index (χ3n) is 8.77. The number of ether oxygens (including phenoxy) is 2. The Morgan fingerprint density at radius 1 is 1.08 bits per heavy atom. The molecular weight excluding hydrogens is 665 g/mol. The Morgan fingerprint density at radius 2 is 1.84 bits per heavy atom. The van der Waals surface area contributed by atoms with Gasteiger partial charge in [-0.25, -0.2) is 19.2 Å². The van der Waals surface area contributed by atoms with Gasteiger partial charge in [0.05, 0.1) is 17.0 Å². The fraction of sp³-hybridized carbons (Fsp3) is 0.324. The van der Waals surface area contributed by atoms with E-state index in [1.165, 1.54) is 29.8 Å². The number of carbonyl (C=O) groups is 1. The lowest BCUT2D eigenvalue weighted by molar-refractivity contribution is -0.144. The van der Waals surface area contributed by atoms with Gasteiger partial charge in [-0.1, -0.05) is 48.0 Å². The summed E-state index contributed by atoms with van der Waals surface area (Å²) in [6.07, 6.45) is 1.60. The van der Waals surface area contributed by atoms with E-state index in [1.807, 2.05) is 19.1 Å². The Balaban J connectivity index is 1.40. The molecule has 0 amide bonds. The summed E-state index contributed by atoms with van der Waals surface area (Å²) in [5.74, 6) is 0.274. The van der Waals surface area contributed by atoms with Gasteiger partial charge in [0.25, 0.3) is 0 Å². The number of hydrogen-bond acceptors (Lipinski definition) is 10. The lowest BCUT2D eigenvalue weighted by atomic mass is 9.95. The molecule has 2 aromatic heterocycles. The van der Waals surface area contributed by atoms with Crippen molar-refractivity contribution in [3.63, 3.8) is 0 Å². The summed E-state index contributed by atoms with van der Waals surface area (Å²) in [5, 5.41) is 15.0. The molecule has 0 unspecified atom stereocenters. The number of carbonyl (C=O) groups excluding carboxylic acids is 1. The Kier molecular flexibility index (Phi) is 10.9. The minimum Gasteiger partial charge on any atom is -0.508 e. The summed E-state index contributed by atoms with van der Waals surface area (Å²) >= 11 is 8.45. The van der Waals surface area contributed by atoms with Crippen molar-refractivity contribution in [3.05, 3.63) is 89.0 Å². The summed E-state index contributed by atoms with van der Waals surface area (Å²) < 4.78 is 25.7. The van der Waals surface area contributed by atoms with Crippen LogP contribution in [0.2, 0.25) is 5.02 Å². The highest BCUT2D eigenvalue weighted by Crippen LogP contribution is 2.49. The first-order chi connectivity index (χ1) is 23.7. The highest BCUT2D eigenvalue weighted by molar-refractivity contribution is 7.22. The van der Waals surface area contributed by atoms with Gasteiger partial charge in [0.2, 0.25) is 0 Å². The van der Waals surface area contributed by atoms with Crippen LogP contribution in [-0.4, -0.2) is 89.9 Å². The van der Waals surface area contributed by atoms with Crippen molar-refractivity contribution < 1.29 is 23.8 Å². The van der Waals surface area contributed by atoms with E-state index in [-0.39, 0.29) is 24.6 Å². The normalized spacial score (nSPS) is 14.6. The lowest BCUT2D eigenvalue weighted by Gasteiger charge is -2.32. The van der Waals surface area contributed by atoms with Crippen LogP contribution in [0.4, 0.5) is 10.2 Å². The van der Waals surface area contributed by atoms with Crippen molar-refractivity contribution in [2.45, 2.75) is 26.3 Å². The molecule has 49 heavy (non-hydrogen) atoms. The first-order valence-electron chi connectivity index (χ1n) is 16.3. The number of nitrogens with one attached hydrogen (secondary N) is 1. The van der Waals surface area contributed by atoms with E-state index in [4.69, 9.17) is 21.1 Å². The zero-order valence-corrected chi connectivity index (χ0v) is 29.3. The van der Waals surface area contributed by atoms with Gasteiger partial charge in [-0.3, -0.25) is 4.90 Å². The molecule has 12 heteroatoms. The number of phenolic OH excluding ortho intramolecular Hbond substituents is 1. The van der Waals surface area contributed by atoms with E-state index in [0.29, 0.717) is 39.0 Å². The topological polar surface area (TPSA) is 100 Å². The molecule has 0 spiro atoms. The van der Waals surface area contributed by atoms with Crippen LogP contribution < -0.4 is 10.1 Å². The number of rotatable bonds is 12. The molecule has 1 atom stereocenters. The Hall–Kier alpha value is -4.29. The molecule has 0 saturated carbocycles. The molecule has 1 saturated heterocycles. The first kappa shape index (κ1) is 34.6. The standard InChI is InChI=1S/C37H39ClFN5O4S/c1-4-47-37(46)28(21-25-7-5-6-8-29(25)45)42-35-32-31(34(49-36(32)41-22-40-35)24-9-11-26(39)12-10-24)27-13-14-30(33(38)23(27)2)48-20-19-44-17-15-43(3)16-18-44/h5-14,22,28,45H,4,15-21H2,1-3H3,(H,40,41,42)/t28-/m1/s1. The molecule has 3 aromatic carbocycles. The van der Waals surface area contributed by atoms with Crippen LogP contribution in [0.1, 0.15) is 18.1 Å². The van der Waals surface area contributed by atoms with Crippen LogP contribution in [0.25, 0.3) is 31.8 Å². The summed E-state index contributed by atoms with van der Waals surface area (Å²) in [5.41, 5.74) is 3.80. The monoisotopic (exact) mass is 703 g/mol. The highest BCUT2D eigenvalue weighted by atomic mass is 35.5. The van der Waals surface area contributed by atoms with Crippen LogP contribution in [-0.2, 0) is 16.0 Å².